The van der Waals surface area contributed by atoms with Crippen LogP contribution in [0.1, 0.15) is 24.1 Å². The normalized spacial score (nSPS) is 13.0. The standard InChI is InChI=1S/C16H16F3NS/c1-11(20-14-5-3-4-6-15(14)21-2)12-7-9-13(10-8-12)16(17,18)19/h3-11,20H,1-2H3. The molecule has 0 bridgehead atoms. The van der Waals surface area contributed by atoms with Crippen LogP contribution in [0, 0.1) is 0 Å². The molecule has 21 heavy (non-hydrogen) atoms. The summed E-state index contributed by atoms with van der Waals surface area (Å²) in [4.78, 5) is 1.11. The van der Waals surface area contributed by atoms with Crippen LogP contribution in [0.4, 0.5) is 18.9 Å². The number of thioether (sulfide) groups is 1. The second-order valence-electron chi connectivity index (χ2n) is 4.69. The van der Waals surface area contributed by atoms with Gasteiger partial charge in [-0.1, -0.05) is 24.3 Å². The fourth-order valence-electron chi connectivity index (χ4n) is 2.04. The van der Waals surface area contributed by atoms with Crippen molar-refractivity contribution in [2.45, 2.75) is 24.0 Å². The van der Waals surface area contributed by atoms with E-state index in [-0.39, 0.29) is 6.04 Å². The van der Waals surface area contributed by atoms with Crippen molar-refractivity contribution in [2.75, 3.05) is 11.6 Å². The van der Waals surface area contributed by atoms with Gasteiger partial charge in [-0.15, -0.1) is 11.8 Å². The second-order valence-corrected chi connectivity index (χ2v) is 5.53. The summed E-state index contributed by atoms with van der Waals surface area (Å²) in [6.07, 6.45) is -2.30. The summed E-state index contributed by atoms with van der Waals surface area (Å²) in [5, 5.41) is 3.33. The quantitative estimate of drug-likeness (QED) is 0.738. The number of hydrogen-bond donors (Lipinski definition) is 1. The van der Waals surface area contributed by atoms with Crippen LogP contribution in [-0.2, 0) is 6.18 Å². The Kier molecular flexibility index (Phi) is 4.83. The number of para-hydroxylation sites is 1. The van der Waals surface area contributed by atoms with Crippen LogP contribution in [0.5, 0.6) is 0 Å². The molecule has 0 radical (unpaired) electrons. The molecule has 1 atom stereocenters. The van der Waals surface area contributed by atoms with Gasteiger partial charge in [-0.05, 0) is 43.0 Å². The van der Waals surface area contributed by atoms with Gasteiger partial charge in [-0.2, -0.15) is 13.2 Å². The van der Waals surface area contributed by atoms with E-state index in [1.807, 2.05) is 37.4 Å². The number of anilines is 1. The summed E-state index contributed by atoms with van der Waals surface area (Å²) < 4.78 is 37.6. The molecule has 0 aliphatic rings. The molecule has 1 unspecified atom stereocenters. The van der Waals surface area contributed by atoms with Crippen molar-refractivity contribution in [2.24, 2.45) is 0 Å². The Labute approximate surface area is 126 Å². The molecule has 112 valence electrons. The summed E-state index contributed by atoms with van der Waals surface area (Å²) in [5.41, 5.74) is 1.18. The number of halogens is 3. The average molecular weight is 311 g/mol. The minimum absolute atomic E-state index is 0.0689. The number of rotatable bonds is 4. The van der Waals surface area contributed by atoms with Crippen molar-refractivity contribution in [3.05, 3.63) is 59.7 Å². The zero-order valence-corrected chi connectivity index (χ0v) is 12.6. The van der Waals surface area contributed by atoms with E-state index in [0.717, 1.165) is 28.3 Å². The van der Waals surface area contributed by atoms with Crippen molar-refractivity contribution >= 4 is 17.4 Å². The molecule has 0 amide bonds. The maximum absolute atomic E-state index is 12.5. The minimum atomic E-state index is -4.29. The van der Waals surface area contributed by atoms with Gasteiger partial charge < -0.3 is 5.32 Å². The van der Waals surface area contributed by atoms with Crippen molar-refractivity contribution in [3.63, 3.8) is 0 Å². The molecule has 0 spiro atoms. The fourth-order valence-corrected chi connectivity index (χ4v) is 2.60. The van der Waals surface area contributed by atoms with Crippen molar-refractivity contribution in [1.29, 1.82) is 0 Å². The molecule has 0 fully saturated rings. The molecule has 2 aromatic carbocycles. The highest BCUT2D eigenvalue weighted by molar-refractivity contribution is 7.98. The zero-order chi connectivity index (χ0) is 15.5. The van der Waals surface area contributed by atoms with Gasteiger partial charge in [-0.3, -0.25) is 0 Å². The van der Waals surface area contributed by atoms with E-state index in [1.54, 1.807) is 11.8 Å². The van der Waals surface area contributed by atoms with E-state index in [0.29, 0.717) is 0 Å². The lowest BCUT2D eigenvalue weighted by atomic mass is 10.1. The van der Waals surface area contributed by atoms with Crippen LogP contribution in [0.3, 0.4) is 0 Å². The minimum Gasteiger partial charge on any atom is -0.378 e. The van der Waals surface area contributed by atoms with Crippen molar-refractivity contribution < 1.29 is 13.2 Å². The molecule has 1 nitrogen and oxygen atoms in total. The second kappa shape index (κ2) is 6.43. The van der Waals surface area contributed by atoms with Crippen LogP contribution in [0.15, 0.2) is 53.4 Å². The Bertz CT molecular complexity index is 593. The van der Waals surface area contributed by atoms with E-state index in [1.165, 1.54) is 12.1 Å². The van der Waals surface area contributed by atoms with Crippen LogP contribution in [0.2, 0.25) is 0 Å². The smallest absolute Gasteiger partial charge is 0.378 e. The lowest BCUT2D eigenvalue weighted by Gasteiger charge is -2.18. The van der Waals surface area contributed by atoms with Gasteiger partial charge in [0, 0.05) is 16.6 Å². The highest BCUT2D eigenvalue weighted by atomic mass is 32.2. The van der Waals surface area contributed by atoms with Crippen LogP contribution < -0.4 is 5.32 Å². The first-order valence-corrected chi connectivity index (χ1v) is 7.71. The van der Waals surface area contributed by atoms with Crippen LogP contribution in [-0.4, -0.2) is 6.26 Å². The molecule has 0 heterocycles. The third-order valence-electron chi connectivity index (χ3n) is 3.22. The predicted octanol–water partition coefficient (Wildman–Crippen LogP) is 5.60. The van der Waals surface area contributed by atoms with Gasteiger partial charge in [0.05, 0.1) is 5.56 Å². The molecule has 5 heteroatoms. The van der Waals surface area contributed by atoms with E-state index < -0.39 is 11.7 Å². The highest BCUT2D eigenvalue weighted by Crippen LogP contribution is 2.31. The average Bonchev–Trinajstić information content (AvgIpc) is 2.47. The Hall–Kier alpha value is -1.62. The van der Waals surface area contributed by atoms with E-state index in [4.69, 9.17) is 0 Å². The molecule has 0 aliphatic carbocycles. The van der Waals surface area contributed by atoms with Gasteiger partial charge in [-0.25, -0.2) is 0 Å². The molecule has 2 aromatic rings. The summed E-state index contributed by atoms with van der Waals surface area (Å²) >= 11 is 1.63. The first-order chi connectivity index (χ1) is 9.91. The van der Waals surface area contributed by atoms with E-state index >= 15 is 0 Å². The molecular weight excluding hydrogens is 295 g/mol. The maximum atomic E-state index is 12.5. The molecule has 1 N–H and O–H groups in total. The Balaban J connectivity index is 2.15. The Morgan fingerprint density at radius 2 is 1.62 bits per heavy atom. The van der Waals surface area contributed by atoms with Crippen LogP contribution in [0.25, 0.3) is 0 Å². The van der Waals surface area contributed by atoms with E-state index in [9.17, 15) is 13.2 Å². The SMILES string of the molecule is CSc1ccccc1NC(C)c1ccc(C(F)(F)F)cc1. The summed E-state index contributed by atoms with van der Waals surface area (Å²) in [5.74, 6) is 0. The zero-order valence-electron chi connectivity index (χ0n) is 11.7. The van der Waals surface area contributed by atoms with Gasteiger partial charge in [0.15, 0.2) is 0 Å². The topological polar surface area (TPSA) is 12.0 Å². The Morgan fingerprint density at radius 1 is 1.00 bits per heavy atom. The van der Waals surface area contributed by atoms with Crippen LogP contribution >= 0.6 is 11.8 Å². The summed E-state index contributed by atoms with van der Waals surface area (Å²) in [7, 11) is 0. The first kappa shape index (κ1) is 15.8. The largest absolute Gasteiger partial charge is 0.416 e. The lowest BCUT2D eigenvalue weighted by Crippen LogP contribution is -2.09. The van der Waals surface area contributed by atoms with Crippen molar-refractivity contribution in [3.8, 4) is 0 Å². The van der Waals surface area contributed by atoms with Gasteiger partial charge in [0.1, 0.15) is 0 Å². The maximum Gasteiger partial charge on any atom is 0.416 e. The number of benzene rings is 2. The molecular formula is C16H16F3NS. The Morgan fingerprint density at radius 3 is 2.19 bits per heavy atom. The molecule has 0 saturated heterocycles. The molecule has 2 rings (SSSR count). The summed E-state index contributed by atoms with van der Waals surface area (Å²) in [6.45, 7) is 1.93. The summed E-state index contributed by atoms with van der Waals surface area (Å²) in [6, 6.07) is 13.1. The van der Waals surface area contributed by atoms with Gasteiger partial charge >= 0.3 is 6.18 Å². The molecule has 0 aromatic heterocycles. The monoisotopic (exact) mass is 311 g/mol. The predicted molar refractivity (Wildman–Crippen MR) is 81.7 cm³/mol. The molecule has 0 aliphatic heterocycles. The fraction of sp³-hybridized carbons (Fsp3) is 0.250. The third kappa shape index (κ3) is 3.94. The third-order valence-corrected chi connectivity index (χ3v) is 4.01. The first-order valence-electron chi connectivity index (χ1n) is 6.48. The lowest BCUT2D eigenvalue weighted by molar-refractivity contribution is -0.137. The molecule has 0 saturated carbocycles. The highest BCUT2D eigenvalue weighted by Gasteiger charge is 2.30. The van der Waals surface area contributed by atoms with E-state index in [2.05, 4.69) is 5.32 Å². The number of nitrogens with one attached hydrogen (secondary N) is 1. The number of hydrogen-bond acceptors (Lipinski definition) is 2. The van der Waals surface area contributed by atoms with Gasteiger partial charge in [0.2, 0.25) is 0 Å². The number of alkyl halides is 3. The van der Waals surface area contributed by atoms with Crippen molar-refractivity contribution in [1.82, 2.24) is 0 Å². The van der Waals surface area contributed by atoms with Gasteiger partial charge in [0.25, 0.3) is 0 Å².